The highest BCUT2D eigenvalue weighted by Crippen LogP contribution is 2.18. The largest absolute Gasteiger partial charge is 0.484 e. The quantitative estimate of drug-likeness (QED) is 0.271. The second-order valence-electron chi connectivity index (χ2n) is 6.80. The molecule has 1 aliphatic rings. The lowest BCUT2D eigenvalue weighted by Crippen LogP contribution is -2.39. The summed E-state index contributed by atoms with van der Waals surface area (Å²) in [7, 11) is 2.04. The van der Waals surface area contributed by atoms with Crippen LogP contribution >= 0.6 is 0 Å². The molecule has 0 aliphatic heterocycles. The molecule has 6 heteroatoms. The molecule has 148 valence electrons. The highest BCUT2D eigenvalue weighted by molar-refractivity contribution is 5.79. The summed E-state index contributed by atoms with van der Waals surface area (Å²) in [6, 6.07) is 8.11. The number of rotatable bonds is 11. The summed E-state index contributed by atoms with van der Waals surface area (Å²) < 4.78 is 5.61. The number of amides is 1. The third kappa shape index (κ3) is 8.15. The predicted molar refractivity (Wildman–Crippen MR) is 110 cm³/mol. The number of allylic oxidation sites excluding steroid dienone is 1. The number of aliphatic imine (C=N–C) groups is 1. The van der Waals surface area contributed by atoms with Crippen LogP contribution in [0.2, 0.25) is 0 Å². The van der Waals surface area contributed by atoms with Crippen molar-refractivity contribution in [2.45, 2.75) is 45.2 Å². The molecule has 1 saturated carbocycles. The van der Waals surface area contributed by atoms with Gasteiger partial charge in [0.1, 0.15) is 5.75 Å². The fraction of sp³-hybridized carbons (Fsp3) is 0.524. The Bertz CT molecular complexity index is 641. The molecule has 0 unspecified atom stereocenters. The second-order valence-corrected chi connectivity index (χ2v) is 6.80. The molecule has 0 aromatic heterocycles. The Morgan fingerprint density at radius 2 is 2.26 bits per heavy atom. The summed E-state index contributed by atoms with van der Waals surface area (Å²) >= 11 is 0. The van der Waals surface area contributed by atoms with Crippen molar-refractivity contribution in [1.82, 2.24) is 15.5 Å². The van der Waals surface area contributed by atoms with E-state index in [0.717, 1.165) is 50.3 Å². The topological polar surface area (TPSA) is 66.0 Å². The Kier molecular flexibility index (Phi) is 8.68. The zero-order valence-corrected chi connectivity index (χ0v) is 16.5. The van der Waals surface area contributed by atoms with Crippen LogP contribution in [0.3, 0.4) is 0 Å². The fourth-order valence-electron chi connectivity index (χ4n) is 2.59. The molecule has 1 aliphatic carbocycles. The second kappa shape index (κ2) is 11.3. The maximum absolute atomic E-state index is 11.7. The van der Waals surface area contributed by atoms with E-state index in [1.54, 1.807) is 0 Å². The number of carbonyl (C=O) groups is 1. The number of guanidine groups is 1. The summed E-state index contributed by atoms with van der Waals surface area (Å²) in [6.07, 6.45) is 6.15. The van der Waals surface area contributed by atoms with Crippen LogP contribution in [0.15, 0.2) is 41.9 Å². The average molecular weight is 373 g/mol. The van der Waals surface area contributed by atoms with Crippen LogP contribution < -0.4 is 15.4 Å². The monoisotopic (exact) mass is 372 g/mol. The van der Waals surface area contributed by atoms with Gasteiger partial charge in [-0.05, 0) is 50.3 Å². The smallest absolute Gasteiger partial charge is 0.258 e. The molecule has 0 radical (unpaired) electrons. The third-order valence-corrected chi connectivity index (χ3v) is 4.22. The first-order valence-electron chi connectivity index (χ1n) is 9.73. The van der Waals surface area contributed by atoms with E-state index in [2.05, 4.69) is 29.0 Å². The molecule has 27 heavy (non-hydrogen) atoms. The highest BCUT2D eigenvalue weighted by atomic mass is 16.5. The van der Waals surface area contributed by atoms with E-state index in [4.69, 9.17) is 9.73 Å². The van der Waals surface area contributed by atoms with Crippen LogP contribution in [0, 0.1) is 0 Å². The van der Waals surface area contributed by atoms with E-state index >= 15 is 0 Å². The Balaban J connectivity index is 1.88. The van der Waals surface area contributed by atoms with Gasteiger partial charge in [-0.25, -0.2) is 4.99 Å². The van der Waals surface area contributed by atoms with Crippen molar-refractivity contribution in [2.75, 3.05) is 26.7 Å². The van der Waals surface area contributed by atoms with E-state index < -0.39 is 0 Å². The van der Waals surface area contributed by atoms with Crippen LogP contribution in [0.25, 0.3) is 0 Å². The first-order valence-corrected chi connectivity index (χ1v) is 9.73. The zero-order chi connectivity index (χ0) is 19.5. The molecule has 1 aromatic rings. The summed E-state index contributed by atoms with van der Waals surface area (Å²) in [5.41, 5.74) is 1.05. The van der Waals surface area contributed by atoms with Crippen molar-refractivity contribution in [3.05, 3.63) is 42.5 Å². The van der Waals surface area contributed by atoms with Gasteiger partial charge in [0.25, 0.3) is 5.91 Å². The van der Waals surface area contributed by atoms with Gasteiger partial charge in [-0.1, -0.05) is 18.2 Å². The molecule has 2 N–H and O–H groups in total. The minimum absolute atomic E-state index is 0.0535. The zero-order valence-electron chi connectivity index (χ0n) is 16.5. The van der Waals surface area contributed by atoms with Crippen molar-refractivity contribution in [1.29, 1.82) is 0 Å². The summed E-state index contributed by atoms with van der Waals surface area (Å²) in [5.74, 6) is 1.52. The Labute approximate surface area is 162 Å². The van der Waals surface area contributed by atoms with Crippen LogP contribution in [0.4, 0.5) is 0 Å². The molecule has 1 fully saturated rings. The van der Waals surface area contributed by atoms with Crippen LogP contribution in [-0.2, 0) is 11.3 Å². The lowest BCUT2D eigenvalue weighted by molar-refractivity contribution is -0.123. The summed E-state index contributed by atoms with van der Waals surface area (Å²) in [4.78, 5) is 18.6. The minimum atomic E-state index is -0.0588. The first-order chi connectivity index (χ1) is 13.1. The third-order valence-electron chi connectivity index (χ3n) is 4.22. The number of hydrogen-bond acceptors (Lipinski definition) is 3. The predicted octanol–water partition coefficient (Wildman–Crippen LogP) is 2.71. The molecular weight excluding hydrogens is 340 g/mol. The molecule has 2 rings (SSSR count). The number of nitrogens with zero attached hydrogens (tertiary/aromatic N) is 2. The molecule has 6 nitrogen and oxygen atoms in total. The van der Waals surface area contributed by atoms with Gasteiger partial charge in [-0.15, -0.1) is 6.58 Å². The van der Waals surface area contributed by atoms with Crippen LogP contribution in [0.5, 0.6) is 5.75 Å². The van der Waals surface area contributed by atoms with E-state index in [9.17, 15) is 4.79 Å². The molecule has 0 spiro atoms. The summed E-state index contributed by atoms with van der Waals surface area (Å²) in [6.45, 7) is 8.19. The number of hydrogen-bond donors (Lipinski definition) is 2. The SMILES string of the molecule is C=CCCCN(C)C(=NCc1cccc(OCC(=O)NC2CC2)c1)NCC. The average Bonchev–Trinajstić information content (AvgIpc) is 3.48. The van der Waals surface area contributed by atoms with Gasteiger partial charge in [-0.3, -0.25) is 4.79 Å². The van der Waals surface area contributed by atoms with Crippen molar-refractivity contribution < 1.29 is 9.53 Å². The molecule has 1 aromatic carbocycles. The number of carbonyl (C=O) groups excluding carboxylic acids is 1. The van der Waals surface area contributed by atoms with Crippen molar-refractivity contribution in [3.8, 4) is 5.75 Å². The lowest BCUT2D eigenvalue weighted by atomic mass is 10.2. The highest BCUT2D eigenvalue weighted by Gasteiger charge is 2.23. The maximum Gasteiger partial charge on any atom is 0.258 e. The van der Waals surface area contributed by atoms with E-state index in [1.165, 1.54) is 0 Å². The number of ether oxygens (including phenoxy) is 1. The molecule has 0 saturated heterocycles. The molecule has 1 amide bonds. The minimum Gasteiger partial charge on any atom is -0.484 e. The van der Waals surface area contributed by atoms with Gasteiger partial charge < -0.3 is 20.3 Å². The first kappa shape index (κ1) is 20.8. The van der Waals surface area contributed by atoms with Gasteiger partial charge in [0.05, 0.1) is 6.54 Å². The van der Waals surface area contributed by atoms with E-state index in [0.29, 0.717) is 18.3 Å². The van der Waals surface area contributed by atoms with Crippen LogP contribution in [0.1, 0.15) is 38.2 Å². The van der Waals surface area contributed by atoms with E-state index in [1.807, 2.05) is 37.4 Å². The Morgan fingerprint density at radius 3 is 2.96 bits per heavy atom. The molecular formula is C21H32N4O2. The van der Waals surface area contributed by atoms with Crippen molar-refractivity contribution in [2.24, 2.45) is 4.99 Å². The number of benzene rings is 1. The van der Waals surface area contributed by atoms with Crippen LogP contribution in [-0.4, -0.2) is 49.6 Å². The lowest BCUT2D eigenvalue weighted by Gasteiger charge is -2.21. The number of unbranched alkanes of at least 4 members (excludes halogenated alkanes) is 1. The Morgan fingerprint density at radius 1 is 1.44 bits per heavy atom. The summed E-state index contributed by atoms with van der Waals surface area (Å²) in [5, 5.41) is 6.24. The van der Waals surface area contributed by atoms with Gasteiger partial charge in [-0.2, -0.15) is 0 Å². The van der Waals surface area contributed by atoms with Crippen molar-refractivity contribution >= 4 is 11.9 Å². The Hall–Kier alpha value is -2.50. The number of nitrogens with one attached hydrogen (secondary N) is 2. The van der Waals surface area contributed by atoms with E-state index in [-0.39, 0.29) is 12.5 Å². The normalized spacial score (nSPS) is 13.8. The van der Waals surface area contributed by atoms with Gasteiger partial charge in [0.2, 0.25) is 0 Å². The van der Waals surface area contributed by atoms with Gasteiger partial charge >= 0.3 is 0 Å². The van der Waals surface area contributed by atoms with Gasteiger partial charge in [0, 0.05) is 26.2 Å². The van der Waals surface area contributed by atoms with Crippen molar-refractivity contribution in [3.63, 3.8) is 0 Å². The fourth-order valence-corrected chi connectivity index (χ4v) is 2.59. The molecule has 0 heterocycles. The standard InChI is InChI=1S/C21H32N4O2/c1-4-6-7-13-25(3)21(22-5-2)23-15-17-9-8-10-19(14-17)27-16-20(26)24-18-11-12-18/h4,8-10,14,18H,1,5-7,11-13,15-16H2,2-3H3,(H,22,23)(H,24,26). The molecule has 0 bridgehead atoms. The molecule has 0 atom stereocenters. The maximum atomic E-state index is 11.7. The van der Waals surface area contributed by atoms with Gasteiger partial charge in [0.15, 0.2) is 12.6 Å².